The molecule has 0 aliphatic rings. The van der Waals surface area contributed by atoms with Gasteiger partial charge in [0.1, 0.15) is 5.52 Å². The van der Waals surface area contributed by atoms with E-state index in [2.05, 4.69) is 9.72 Å². The van der Waals surface area contributed by atoms with Crippen LogP contribution in [-0.4, -0.2) is 22.9 Å². The molecule has 0 saturated carbocycles. The number of aromatic amines is 1. The van der Waals surface area contributed by atoms with Gasteiger partial charge in [-0.3, -0.25) is 0 Å². The quantitative estimate of drug-likeness (QED) is 0.709. The van der Waals surface area contributed by atoms with E-state index in [9.17, 15) is 14.1 Å². The van der Waals surface area contributed by atoms with Crippen LogP contribution in [0.2, 0.25) is 0 Å². The van der Waals surface area contributed by atoms with Gasteiger partial charge in [0.2, 0.25) is 0 Å². The molecule has 0 bridgehead atoms. The molecule has 0 spiro atoms. The lowest BCUT2D eigenvalue weighted by atomic mass is 10.2. The first kappa shape index (κ1) is 9.45. The second-order valence-corrected chi connectivity index (χ2v) is 2.90. The van der Waals surface area contributed by atoms with Crippen LogP contribution in [0.4, 0.5) is 4.48 Å². The van der Waals surface area contributed by atoms with Gasteiger partial charge < -0.3 is 9.72 Å². The summed E-state index contributed by atoms with van der Waals surface area (Å²) in [6, 6.07) is 4.31. The van der Waals surface area contributed by atoms with Crippen LogP contribution < -0.4 is 5.69 Å². The topological polar surface area (TPSA) is 64.1 Å². The molecule has 0 unspecified atom stereocenters. The summed E-state index contributed by atoms with van der Waals surface area (Å²) in [5, 5.41) is 0. The maximum Gasteiger partial charge on any atom is 0.354 e. The lowest BCUT2D eigenvalue weighted by molar-refractivity contribution is 0.0603. The second kappa shape index (κ2) is 3.23. The Bertz CT molecular complexity index is 585. The van der Waals surface area contributed by atoms with Gasteiger partial charge in [0.05, 0.1) is 18.2 Å². The predicted octanol–water partition coefficient (Wildman–Crippen LogP) is 0.849. The summed E-state index contributed by atoms with van der Waals surface area (Å²) in [6.45, 7) is 0. The average molecular weight is 210 g/mol. The molecule has 1 aromatic heterocycles. The van der Waals surface area contributed by atoms with Crippen molar-refractivity contribution in [3.63, 3.8) is 0 Å². The highest BCUT2D eigenvalue weighted by Crippen LogP contribution is 2.15. The van der Waals surface area contributed by atoms with Crippen LogP contribution in [-0.2, 0) is 4.74 Å². The van der Waals surface area contributed by atoms with Crippen molar-refractivity contribution in [2.45, 2.75) is 0 Å². The van der Waals surface area contributed by atoms with Crippen molar-refractivity contribution in [1.82, 2.24) is 9.77 Å². The molecule has 0 radical (unpaired) electrons. The number of hydrogen-bond donors (Lipinski definition) is 1. The van der Waals surface area contributed by atoms with Gasteiger partial charge in [0.25, 0.3) is 0 Å². The summed E-state index contributed by atoms with van der Waals surface area (Å²) in [5.74, 6) is -0.623. The van der Waals surface area contributed by atoms with Crippen LogP contribution in [0, 0.1) is 0 Å². The van der Waals surface area contributed by atoms with Gasteiger partial charge >= 0.3 is 11.7 Å². The number of carbonyl (C=O) groups is 1. The van der Waals surface area contributed by atoms with Crippen LogP contribution in [0.1, 0.15) is 10.4 Å². The molecular formula is C9H7FN2O3. The first-order chi connectivity index (χ1) is 7.15. The van der Waals surface area contributed by atoms with Crippen molar-refractivity contribution in [3.8, 4) is 0 Å². The van der Waals surface area contributed by atoms with Crippen LogP contribution in [0.3, 0.4) is 0 Å². The van der Waals surface area contributed by atoms with Crippen molar-refractivity contribution in [1.29, 1.82) is 0 Å². The summed E-state index contributed by atoms with van der Waals surface area (Å²) in [6.07, 6.45) is 0. The third-order valence-corrected chi connectivity index (χ3v) is 2.07. The van der Waals surface area contributed by atoms with Gasteiger partial charge in [-0.15, -0.1) is 4.79 Å². The fourth-order valence-electron chi connectivity index (χ4n) is 1.38. The largest absolute Gasteiger partial charge is 0.465 e. The number of esters is 1. The molecule has 0 amide bonds. The molecule has 0 aliphatic heterocycles. The number of carbonyl (C=O) groups excluding carboxylic acids is 1. The molecule has 1 heterocycles. The minimum Gasteiger partial charge on any atom is -0.465 e. The Balaban J connectivity index is 2.83. The Labute approximate surface area is 83.0 Å². The van der Waals surface area contributed by atoms with Gasteiger partial charge in [0, 0.05) is 0 Å². The van der Waals surface area contributed by atoms with Crippen molar-refractivity contribution >= 4 is 17.0 Å². The number of rotatable bonds is 1. The molecule has 78 valence electrons. The predicted molar refractivity (Wildman–Crippen MR) is 50.4 cm³/mol. The van der Waals surface area contributed by atoms with Gasteiger partial charge in [-0.2, -0.15) is 0 Å². The Morgan fingerprint density at radius 2 is 2.27 bits per heavy atom. The van der Waals surface area contributed by atoms with Gasteiger partial charge in [-0.25, -0.2) is 9.59 Å². The van der Waals surface area contributed by atoms with E-state index in [0.29, 0.717) is 0 Å². The maximum atomic E-state index is 13.1. The van der Waals surface area contributed by atoms with E-state index in [1.807, 2.05) is 0 Å². The van der Waals surface area contributed by atoms with Crippen molar-refractivity contribution in [2.24, 2.45) is 0 Å². The SMILES string of the molecule is COC(=O)c1cccc2c1[nH]c(=O)n2F. The Kier molecular flexibility index (Phi) is 2.03. The number of imidazole rings is 1. The number of halogens is 1. The zero-order valence-electron chi connectivity index (χ0n) is 7.78. The zero-order chi connectivity index (χ0) is 11.0. The molecule has 2 rings (SSSR count). The third kappa shape index (κ3) is 1.30. The number of hydrogen-bond acceptors (Lipinski definition) is 3. The number of ether oxygens (including phenoxy) is 1. The lowest BCUT2D eigenvalue weighted by Gasteiger charge is -1.99. The molecule has 5 nitrogen and oxygen atoms in total. The molecule has 1 aromatic carbocycles. The van der Waals surface area contributed by atoms with Gasteiger partial charge in [-0.05, 0) is 12.1 Å². The van der Waals surface area contributed by atoms with Crippen molar-refractivity contribution in [3.05, 3.63) is 34.2 Å². The molecule has 1 N–H and O–H groups in total. The highest BCUT2D eigenvalue weighted by atomic mass is 19.2. The fourth-order valence-corrected chi connectivity index (χ4v) is 1.38. The summed E-state index contributed by atoms with van der Waals surface area (Å²) in [5.41, 5.74) is -0.635. The van der Waals surface area contributed by atoms with Crippen LogP contribution in [0.5, 0.6) is 0 Å². The monoisotopic (exact) mass is 210 g/mol. The van der Waals surface area contributed by atoms with E-state index >= 15 is 0 Å². The summed E-state index contributed by atoms with van der Waals surface area (Å²) in [4.78, 5) is 24.4. The van der Waals surface area contributed by atoms with Crippen molar-refractivity contribution < 1.29 is 14.0 Å². The third-order valence-electron chi connectivity index (χ3n) is 2.07. The van der Waals surface area contributed by atoms with Crippen LogP contribution >= 0.6 is 0 Å². The Morgan fingerprint density at radius 3 is 2.93 bits per heavy atom. The number of fused-ring (bicyclic) bond motifs is 1. The number of aromatic nitrogens is 2. The first-order valence-electron chi connectivity index (χ1n) is 4.13. The Morgan fingerprint density at radius 1 is 1.53 bits per heavy atom. The normalized spacial score (nSPS) is 10.5. The van der Waals surface area contributed by atoms with E-state index in [4.69, 9.17) is 0 Å². The number of methoxy groups -OCH3 is 1. The number of H-pyrrole nitrogens is 1. The standard InChI is InChI=1S/C9H7FN2O3/c1-15-8(13)5-3-2-4-6-7(5)11-9(14)12(6)10/h2-4H,1H3,(H,11,14). The van der Waals surface area contributed by atoms with Crippen LogP contribution in [0.15, 0.2) is 23.0 Å². The molecule has 0 aliphatic carbocycles. The number of nitrogens with zero attached hydrogens (tertiary/aromatic N) is 1. The lowest BCUT2D eigenvalue weighted by Crippen LogP contribution is -2.08. The first-order valence-corrected chi connectivity index (χ1v) is 4.13. The van der Waals surface area contributed by atoms with E-state index in [0.717, 1.165) is 0 Å². The van der Waals surface area contributed by atoms with Crippen molar-refractivity contribution in [2.75, 3.05) is 7.11 Å². The molecule has 0 atom stereocenters. The minimum atomic E-state index is -0.915. The summed E-state index contributed by atoms with van der Waals surface area (Å²) in [7, 11) is 1.21. The molecule has 6 heteroatoms. The summed E-state index contributed by atoms with van der Waals surface area (Å²) >= 11 is 0. The molecule has 2 aromatic rings. The molecule has 0 fully saturated rings. The van der Waals surface area contributed by atoms with E-state index in [1.165, 1.54) is 25.3 Å². The Hall–Kier alpha value is -2.11. The van der Waals surface area contributed by atoms with Gasteiger partial charge in [-0.1, -0.05) is 10.5 Å². The number of benzene rings is 1. The summed E-state index contributed by atoms with van der Waals surface area (Å²) < 4.78 is 17.6. The van der Waals surface area contributed by atoms with E-state index in [1.54, 1.807) is 0 Å². The fraction of sp³-hybridized carbons (Fsp3) is 0.111. The van der Waals surface area contributed by atoms with Crippen LogP contribution in [0.25, 0.3) is 11.0 Å². The maximum absolute atomic E-state index is 13.1. The van der Waals surface area contributed by atoms with E-state index in [-0.39, 0.29) is 21.4 Å². The molecule has 0 saturated heterocycles. The van der Waals surface area contributed by atoms with E-state index < -0.39 is 11.7 Å². The zero-order valence-corrected chi connectivity index (χ0v) is 7.78. The second-order valence-electron chi connectivity index (χ2n) is 2.90. The van der Waals surface area contributed by atoms with Gasteiger partial charge in [0.15, 0.2) is 0 Å². The molecular weight excluding hydrogens is 203 g/mol. The minimum absolute atomic E-state index is 0.0166. The number of para-hydroxylation sites is 1. The number of nitrogens with one attached hydrogen (secondary N) is 1. The molecule has 15 heavy (non-hydrogen) atoms. The highest BCUT2D eigenvalue weighted by Gasteiger charge is 2.14. The smallest absolute Gasteiger partial charge is 0.354 e. The highest BCUT2D eigenvalue weighted by molar-refractivity contribution is 6.01. The average Bonchev–Trinajstić information content (AvgIpc) is 2.54.